The molecule has 0 aliphatic carbocycles. The minimum absolute atomic E-state index is 0.0403. The third-order valence-corrected chi connectivity index (χ3v) is 4.61. The summed E-state index contributed by atoms with van der Waals surface area (Å²) in [6.45, 7) is 4.86. The topological polar surface area (TPSA) is 66.8 Å². The van der Waals surface area contributed by atoms with Gasteiger partial charge >= 0.3 is 5.97 Å². The summed E-state index contributed by atoms with van der Waals surface area (Å²) in [6.07, 6.45) is 1.02. The maximum absolute atomic E-state index is 12.6. The lowest BCUT2D eigenvalue weighted by Gasteiger charge is -2.21. The van der Waals surface area contributed by atoms with Crippen molar-refractivity contribution >= 4 is 23.6 Å². The molecule has 1 heterocycles. The van der Waals surface area contributed by atoms with E-state index in [1.54, 1.807) is 12.1 Å². The van der Waals surface area contributed by atoms with Crippen LogP contribution in [0.2, 0.25) is 0 Å². The number of carboxylic acid groups (broad SMARTS) is 1. The van der Waals surface area contributed by atoms with Gasteiger partial charge in [0.25, 0.3) is 5.91 Å². The summed E-state index contributed by atoms with van der Waals surface area (Å²) in [5, 5.41) is 8.71. The molecular formula is C16H21NO4S. The maximum atomic E-state index is 12.6. The zero-order valence-electron chi connectivity index (χ0n) is 12.9. The number of rotatable bonds is 4. The van der Waals surface area contributed by atoms with Crippen LogP contribution in [-0.2, 0) is 4.79 Å². The number of amides is 1. The third-order valence-electron chi connectivity index (χ3n) is 3.56. The lowest BCUT2D eigenvalue weighted by atomic mass is 10.0. The van der Waals surface area contributed by atoms with Crippen molar-refractivity contribution in [2.45, 2.75) is 20.3 Å². The highest BCUT2D eigenvalue weighted by molar-refractivity contribution is 7.99. The summed E-state index contributed by atoms with van der Waals surface area (Å²) < 4.78 is 5.30. The molecule has 1 aliphatic rings. The van der Waals surface area contributed by atoms with E-state index in [1.165, 1.54) is 0 Å². The first-order chi connectivity index (χ1) is 10.5. The second kappa shape index (κ2) is 7.54. The molecule has 1 aromatic rings. The number of hydrogen-bond acceptors (Lipinski definition) is 4. The van der Waals surface area contributed by atoms with Gasteiger partial charge < -0.3 is 14.7 Å². The number of aryl methyl sites for hydroxylation is 2. The highest BCUT2D eigenvalue weighted by atomic mass is 32.2. The van der Waals surface area contributed by atoms with Gasteiger partial charge in [0.2, 0.25) is 0 Å². The van der Waals surface area contributed by atoms with Gasteiger partial charge in [-0.25, -0.2) is 4.79 Å². The van der Waals surface area contributed by atoms with Crippen LogP contribution in [0, 0.1) is 13.8 Å². The highest BCUT2D eigenvalue weighted by Gasteiger charge is 2.19. The first-order valence-electron chi connectivity index (χ1n) is 7.32. The van der Waals surface area contributed by atoms with Gasteiger partial charge in [-0.2, -0.15) is 11.8 Å². The number of thioether (sulfide) groups is 1. The third kappa shape index (κ3) is 4.16. The van der Waals surface area contributed by atoms with E-state index < -0.39 is 5.97 Å². The highest BCUT2D eigenvalue weighted by Crippen LogP contribution is 2.26. The first-order valence-corrected chi connectivity index (χ1v) is 8.47. The molecule has 0 spiro atoms. The van der Waals surface area contributed by atoms with Crippen LogP contribution in [0.5, 0.6) is 5.75 Å². The summed E-state index contributed by atoms with van der Waals surface area (Å²) in [5.41, 5.74) is 2.21. The average Bonchev–Trinajstić information content (AvgIpc) is 2.74. The van der Waals surface area contributed by atoms with Crippen molar-refractivity contribution in [1.29, 1.82) is 0 Å². The molecule has 0 unspecified atom stereocenters. The largest absolute Gasteiger partial charge is 0.481 e. The minimum atomic E-state index is -1.01. The van der Waals surface area contributed by atoms with Crippen molar-refractivity contribution in [2.75, 3.05) is 31.2 Å². The number of nitrogens with zero attached hydrogens (tertiary/aromatic N) is 1. The van der Waals surface area contributed by atoms with E-state index >= 15 is 0 Å². The Labute approximate surface area is 134 Å². The molecule has 6 heteroatoms. The fourth-order valence-corrected chi connectivity index (χ4v) is 3.45. The Balaban J connectivity index is 2.17. The molecule has 1 fully saturated rings. The molecule has 1 amide bonds. The van der Waals surface area contributed by atoms with Crippen LogP contribution < -0.4 is 4.74 Å². The lowest BCUT2D eigenvalue weighted by Crippen LogP contribution is -2.33. The molecule has 0 aromatic heterocycles. The summed E-state index contributed by atoms with van der Waals surface area (Å²) in [6, 6.07) is 3.56. The van der Waals surface area contributed by atoms with Crippen LogP contribution >= 0.6 is 11.8 Å². The quantitative estimate of drug-likeness (QED) is 0.921. The van der Waals surface area contributed by atoms with Crippen LogP contribution in [0.3, 0.4) is 0 Å². The van der Waals surface area contributed by atoms with Gasteiger partial charge in [0.1, 0.15) is 5.75 Å². The van der Waals surface area contributed by atoms with E-state index in [0.29, 0.717) is 11.3 Å². The van der Waals surface area contributed by atoms with Gasteiger partial charge in [-0.15, -0.1) is 0 Å². The van der Waals surface area contributed by atoms with Gasteiger partial charge in [0.05, 0.1) is 0 Å². The molecule has 0 atom stereocenters. The summed E-state index contributed by atoms with van der Waals surface area (Å²) in [5.74, 6) is 1.65. The molecule has 120 valence electrons. The molecule has 1 aromatic carbocycles. The van der Waals surface area contributed by atoms with E-state index in [0.717, 1.165) is 42.1 Å². The van der Waals surface area contributed by atoms with Crippen LogP contribution in [0.15, 0.2) is 12.1 Å². The van der Waals surface area contributed by atoms with Crippen LogP contribution in [-0.4, -0.2) is 53.1 Å². The van der Waals surface area contributed by atoms with Crippen molar-refractivity contribution in [2.24, 2.45) is 0 Å². The van der Waals surface area contributed by atoms with E-state index in [-0.39, 0.29) is 12.5 Å². The Kier molecular flexibility index (Phi) is 5.71. The van der Waals surface area contributed by atoms with Crippen molar-refractivity contribution in [3.8, 4) is 5.75 Å². The Bertz CT molecular complexity index is 542. The van der Waals surface area contributed by atoms with Gasteiger partial charge in [-0.3, -0.25) is 4.79 Å². The van der Waals surface area contributed by atoms with Gasteiger partial charge in [-0.05, 0) is 49.3 Å². The standard InChI is InChI=1S/C16H21NO4S/c1-11-8-13(9-12(2)15(11)21-10-14(18)19)16(20)17-4-3-6-22-7-5-17/h8-9H,3-7,10H2,1-2H3,(H,18,19). The Morgan fingerprint density at radius 2 is 1.91 bits per heavy atom. The number of aliphatic carboxylic acids is 1. The summed E-state index contributed by atoms with van der Waals surface area (Å²) in [4.78, 5) is 25.1. The number of carbonyl (C=O) groups excluding carboxylic acids is 1. The molecule has 1 N–H and O–H groups in total. The molecule has 22 heavy (non-hydrogen) atoms. The summed E-state index contributed by atoms with van der Waals surface area (Å²) >= 11 is 1.88. The van der Waals surface area contributed by atoms with Gasteiger partial charge in [-0.1, -0.05) is 0 Å². The second-order valence-corrected chi connectivity index (χ2v) is 6.60. The van der Waals surface area contributed by atoms with E-state index in [1.807, 2.05) is 30.5 Å². The summed E-state index contributed by atoms with van der Waals surface area (Å²) in [7, 11) is 0. The van der Waals surface area contributed by atoms with Crippen molar-refractivity contribution in [3.63, 3.8) is 0 Å². The molecule has 0 saturated carbocycles. The normalized spacial score (nSPS) is 15.3. The Morgan fingerprint density at radius 1 is 1.23 bits per heavy atom. The predicted molar refractivity (Wildman–Crippen MR) is 86.9 cm³/mol. The maximum Gasteiger partial charge on any atom is 0.341 e. The molecule has 0 radical (unpaired) electrons. The molecule has 5 nitrogen and oxygen atoms in total. The van der Waals surface area contributed by atoms with E-state index in [9.17, 15) is 9.59 Å². The molecule has 0 bridgehead atoms. The SMILES string of the molecule is Cc1cc(C(=O)N2CCCSCC2)cc(C)c1OCC(=O)O. The number of ether oxygens (including phenoxy) is 1. The van der Waals surface area contributed by atoms with E-state index in [4.69, 9.17) is 9.84 Å². The molecule has 1 aliphatic heterocycles. The lowest BCUT2D eigenvalue weighted by molar-refractivity contribution is -0.139. The Hall–Kier alpha value is -1.69. The van der Waals surface area contributed by atoms with Crippen molar-refractivity contribution < 1.29 is 19.4 Å². The van der Waals surface area contributed by atoms with Crippen LogP contribution in [0.4, 0.5) is 0 Å². The van der Waals surface area contributed by atoms with Crippen molar-refractivity contribution in [3.05, 3.63) is 28.8 Å². The minimum Gasteiger partial charge on any atom is -0.481 e. The molecule has 1 saturated heterocycles. The second-order valence-electron chi connectivity index (χ2n) is 5.38. The zero-order chi connectivity index (χ0) is 16.1. The van der Waals surface area contributed by atoms with Crippen molar-refractivity contribution in [1.82, 2.24) is 4.90 Å². The smallest absolute Gasteiger partial charge is 0.341 e. The zero-order valence-corrected chi connectivity index (χ0v) is 13.7. The van der Waals surface area contributed by atoms with Gasteiger partial charge in [0, 0.05) is 24.4 Å². The predicted octanol–water partition coefficient (Wildman–Crippen LogP) is 2.35. The Morgan fingerprint density at radius 3 is 2.55 bits per heavy atom. The average molecular weight is 323 g/mol. The number of carboxylic acids is 1. The van der Waals surface area contributed by atoms with Gasteiger partial charge in [0.15, 0.2) is 6.61 Å². The number of carbonyl (C=O) groups is 2. The first kappa shape index (κ1) is 16.7. The molecule has 2 rings (SSSR count). The van der Waals surface area contributed by atoms with Crippen LogP contribution in [0.25, 0.3) is 0 Å². The fraction of sp³-hybridized carbons (Fsp3) is 0.500. The monoisotopic (exact) mass is 323 g/mol. The number of benzene rings is 1. The fourth-order valence-electron chi connectivity index (χ4n) is 2.57. The molecular weight excluding hydrogens is 302 g/mol. The van der Waals surface area contributed by atoms with Crippen LogP contribution in [0.1, 0.15) is 27.9 Å². The van der Waals surface area contributed by atoms with E-state index in [2.05, 4.69) is 0 Å². The number of hydrogen-bond donors (Lipinski definition) is 1.